The van der Waals surface area contributed by atoms with Crippen molar-refractivity contribution in [2.75, 3.05) is 0 Å². The van der Waals surface area contributed by atoms with Crippen LogP contribution in [0.3, 0.4) is 0 Å². The molecule has 1 heterocycles. The molecule has 31 heavy (non-hydrogen) atoms. The summed E-state index contributed by atoms with van der Waals surface area (Å²) in [5, 5.41) is 4.26. The minimum absolute atomic E-state index is 0.0472. The standard InChI is InChI=1S/C25H20N2O4/c28-21(19-13-11-17(12-14-19)16-7-3-1-4-8-16)15-20(18-9-5-2-6-10-18)22-23(29)26-25(31)27-24(22)30/h1-14,20,22H,15H2,(H2,26,27,29,30,31). The van der Waals surface area contributed by atoms with Crippen LogP contribution in [0.15, 0.2) is 84.9 Å². The van der Waals surface area contributed by atoms with Crippen molar-refractivity contribution >= 4 is 23.6 Å². The van der Waals surface area contributed by atoms with Crippen LogP contribution in [0.25, 0.3) is 11.1 Å². The van der Waals surface area contributed by atoms with E-state index >= 15 is 0 Å². The van der Waals surface area contributed by atoms with Gasteiger partial charge in [-0.05, 0) is 16.7 Å². The third kappa shape index (κ3) is 4.43. The number of ketones is 1. The van der Waals surface area contributed by atoms with Crippen LogP contribution in [-0.2, 0) is 9.59 Å². The summed E-state index contributed by atoms with van der Waals surface area (Å²) in [7, 11) is 0. The zero-order valence-corrected chi connectivity index (χ0v) is 16.6. The molecule has 1 aliphatic heterocycles. The summed E-state index contributed by atoms with van der Waals surface area (Å²) in [6, 6.07) is 25.1. The third-order valence-electron chi connectivity index (χ3n) is 5.39. The first-order valence-corrected chi connectivity index (χ1v) is 9.92. The van der Waals surface area contributed by atoms with Crippen LogP contribution in [0.2, 0.25) is 0 Å². The third-order valence-corrected chi connectivity index (χ3v) is 5.39. The predicted molar refractivity (Wildman–Crippen MR) is 115 cm³/mol. The number of nitrogens with one attached hydrogen (secondary N) is 2. The van der Waals surface area contributed by atoms with Crippen molar-refractivity contribution in [1.29, 1.82) is 0 Å². The van der Waals surface area contributed by atoms with Gasteiger partial charge in [-0.15, -0.1) is 0 Å². The maximum absolute atomic E-state index is 13.1. The van der Waals surface area contributed by atoms with Gasteiger partial charge in [0.2, 0.25) is 11.8 Å². The van der Waals surface area contributed by atoms with Gasteiger partial charge in [-0.1, -0.05) is 84.9 Å². The van der Waals surface area contributed by atoms with E-state index in [9.17, 15) is 19.2 Å². The molecule has 6 nitrogen and oxygen atoms in total. The molecule has 1 saturated heterocycles. The maximum atomic E-state index is 13.1. The summed E-state index contributed by atoms with van der Waals surface area (Å²) in [4.78, 5) is 49.4. The van der Waals surface area contributed by atoms with E-state index in [2.05, 4.69) is 10.6 Å². The number of carbonyl (C=O) groups is 4. The van der Waals surface area contributed by atoms with E-state index in [1.165, 1.54) is 0 Å². The Kier molecular flexibility index (Phi) is 5.71. The number of carbonyl (C=O) groups excluding carboxylic acids is 4. The van der Waals surface area contributed by atoms with Crippen molar-refractivity contribution in [1.82, 2.24) is 10.6 Å². The van der Waals surface area contributed by atoms with E-state index in [0.717, 1.165) is 11.1 Å². The number of urea groups is 1. The fraction of sp³-hybridized carbons (Fsp3) is 0.120. The molecule has 0 aliphatic carbocycles. The van der Waals surface area contributed by atoms with Crippen LogP contribution in [0.1, 0.15) is 28.3 Å². The largest absolute Gasteiger partial charge is 0.328 e. The summed E-state index contributed by atoms with van der Waals surface area (Å²) >= 11 is 0. The molecule has 0 aromatic heterocycles. The number of amides is 4. The van der Waals surface area contributed by atoms with Crippen LogP contribution in [0, 0.1) is 5.92 Å². The number of benzene rings is 3. The highest BCUT2D eigenvalue weighted by atomic mass is 16.2. The Morgan fingerprint density at radius 3 is 1.81 bits per heavy atom. The monoisotopic (exact) mass is 412 g/mol. The highest BCUT2D eigenvalue weighted by Gasteiger charge is 2.41. The highest BCUT2D eigenvalue weighted by Crippen LogP contribution is 2.31. The normalized spacial score (nSPS) is 15.2. The first-order valence-electron chi connectivity index (χ1n) is 9.92. The minimum atomic E-state index is -1.17. The number of Topliss-reactive ketones (excluding diaryl/α,β-unsaturated/α-hetero) is 1. The summed E-state index contributed by atoms with van der Waals surface area (Å²) in [6.07, 6.45) is -0.0472. The van der Waals surface area contributed by atoms with Crippen LogP contribution in [0.5, 0.6) is 0 Å². The van der Waals surface area contributed by atoms with Gasteiger partial charge in [-0.25, -0.2) is 4.79 Å². The molecule has 0 saturated carbocycles. The second-order valence-electron chi connectivity index (χ2n) is 7.37. The Labute approximate surface area is 179 Å². The van der Waals surface area contributed by atoms with Gasteiger partial charge in [0.1, 0.15) is 5.92 Å². The van der Waals surface area contributed by atoms with Crippen molar-refractivity contribution in [3.8, 4) is 11.1 Å². The molecule has 1 aliphatic rings. The Morgan fingerprint density at radius 1 is 0.710 bits per heavy atom. The number of rotatable bonds is 6. The van der Waals surface area contributed by atoms with Crippen molar-refractivity contribution < 1.29 is 19.2 Å². The molecular formula is C25H20N2O4. The van der Waals surface area contributed by atoms with Gasteiger partial charge in [0, 0.05) is 17.9 Å². The van der Waals surface area contributed by atoms with Gasteiger partial charge < -0.3 is 0 Å². The zero-order chi connectivity index (χ0) is 21.8. The van der Waals surface area contributed by atoms with E-state index in [1.54, 1.807) is 36.4 Å². The van der Waals surface area contributed by atoms with Gasteiger partial charge in [-0.3, -0.25) is 25.0 Å². The lowest BCUT2D eigenvalue weighted by Crippen LogP contribution is -2.57. The minimum Gasteiger partial charge on any atom is -0.294 e. The number of imide groups is 2. The smallest absolute Gasteiger partial charge is 0.294 e. The Hall–Kier alpha value is -4.06. The number of hydrogen-bond acceptors (Lipinski definition) is 4. The molecule has 1 unspecified atom stereocenters. The van der Waals surface area contributed by atoms with Crippen LogP contribution in [-0.4, -0.2) is 23.6 Å². The van der Waals surface area contributed by atoms with E-state index in [1.807, 2.05) is 48.5 Å². The molecule has 1 atom stereocenters. The van der Waals surface area contributed by atoms with Crippen molar-refractivity contribution in [3.05, 3.63) is 96.1 Å². The SMILES string of the molecule is O=C1NC(=O)C(C(CC(=O)c2ccc(-c3ccccc3)cc2)c2ccccc2)C(=O)N1. The lowest BCUT2D eigenvalue weighted by atomic mass is 9.79. The van der Waals surface area contributed by atoms with E-state index in [0.29, 0.717) is 11.1 Å². The summed E-state index contributed by atoms with van der Waals surface area (Å²) in [5.74, 6) is -3.46. The lowest BCUT2D eigenvalue weighted by Gasteiger charge is -2.28. The fourth-order valence-electron chi connectivity index (χ4n) is 3.82. The Bertz CT molecular complexity index is 1110. The van der Waals surface area contributed by atoms with E-state index in [4.69, 9.17) is 0 Å². The second-order valence-corrected chi connectivity index (χ2v) is 7.37. The molecule has 6 heteroatoms. The molecular weight excluding hydrogens is 392 g/mol. The Morgan fingerprint density at radius 2 is 1.23 bits per heavy atom. The van der Waals surface area contributed by atoms with Gasteiger partial charge in [0.25, 0.3) is 0 Å². The molecule has 0 bridgehead atoms. The number of barbiturate groups is 1. The topological polar surface area (TPSA) is 92.3 Å². The quantitative estimate of drug-likeness (QED) is 0.477. The highest BCUT2D eigenvalue weighted by molar-refractivity contribution is 6.17. The van der Waals surface area contributed by atoms with Crippen LogP contribution < -0.4 is 10.6 Å². The first kappa shape index (κ1) is 20.2. The molecule has 4 amide bonds. The van der Waals surface area contributed by atoms with Crippen LogP contribution >= 0.6 is 0 Å². The Balaban J connectivity index is 1.60. The van der Waals surface area contributed by atoms with Gasteiger partial charge in [0.05, 0.1) is 0 Å². The van der Waals surface area contributed by atoms with Gasteiger partial charge >= 0.3 is 6.03 Å². The lowest BCUT2D eigenvalue weighted by molar-refractivity contribution is -0.136. The van der Waals surface area contributed by atoms with Crippen molar-refractivity contribution in [3.63, 3.8) is 0 Å². The summed E-state index contributed by atoms with van der Waals surface area (Å²) in [6.45, 7) is 0. The molecule has 3 aromatic rings. The van der Waals surface area contributed by atoms with Gasteiger partial charge in [0.15, 0.2) is 5.78 Å². The van der Waals surface area contributed by atoms with Crippen molar-refractivity contribution in [2.24, 2.45) is 5.92 Å². The maximum Gasteiger partial charge on any atom is 0.328 e. The van der Waals surface area contributed by atoms with E-state index < -0.39 is 29.7 Å². The molecule has 4 rings (SSSR count). The molecule has 2 N–H and O–H groups in total. The molecule has 3 aromatic carbocycles. The molecule has 1 fully saturated rings. The summed E-state index contributed by atoms with van der Waals surface area (Å²) in [5.41, 5.74) is 3.21. The molecule has 0 spiro atoms. The van der Waals surface area contributed by atoms with Crippen molar-refractivity contribution in [2.45, 2.75) is 12.3 Å². The van der Waals surface area contributed by atoms with Crippen LogP contribution in [0.4, 0.5) is 4.79 Å². The van der Waals surface area contributed by atoms with E-state index in [-0.39, 0.29) is 12.2 Å². The average Bonchev–Trinajstić information content (AvgIpc) is 2.79. The summed E-state index contributed by atoms with van der Waals surface area (Å²) < 4.78 is 0. The predicted octanol–water partition coefficient (Wildman–Crippen LogP) is 3.69. The second kappa shape index (κ2) is 8.75. The fourth-order valence-corrected chi connectivity index (χ4v) is 3.82. The van der Waals surface area contributed by atoms with Gasteiger partial charge in [-0.2, -0.15) is 0 Å². The average molecular weight is 412 g/mol. The molecule has 0 radical (unpaired) electrons. The first-order chi connectivity index (χ1) is 15.0. The zero-order valence-electron chi connectivity index (χ0n) is 16.6. The molecule has 154 valence electrons. The number of hydrogen-bond donors (Lipinski definition) is 2.